The highest BCUT2D eigenvalue weighted by Crippen LogP contribution is 2.15. The van der Waals surface area contributed by atoms with E-state index in [0.717, 1.165) is 43.9 Å². The molecular formula is C25H35IN4O. The zero-order valence-corrected chi connectivity index (χ0v) is 21.0. The molecule has 1 heterocycles. The lowest BCUT2D eigenvalue weighted by Crippen LogP contribution is -2.42. The Labute approximate surface area is 203 Å². The van der Waals surface area contributed by atoms with E-state index in [1.165, 1.54) is 11.1 Å². The van der Waals surface area contributed by atoms with Crippen LogP contribution in [0.2, 0.25) is 0 Å². The Morgan fingerprint density at radius 3 is 2.55 bits per heavy atom. The number of carbonyl (C=O) groups is 1. The lowest BCUT2D eigenvalue weighted by molar-refractivity contribution is -0.128. The van der Waals surface area contributed by atoms with Gasteiger partial charge in [-0.2, -0.15) is 0 Å². The predicted molar refractivity (Wildman–Crippen MR) is 139 cm³/mol. The minimum atomic E-state index is 0. The first kappa shape index (κ1) is 25.2. The van der Waals surface area contributed by atoms with Crippen molar-refractivity contribution in [2.45, 2.75) is 58.7 Å². The molecule has 2 aromatic rings. The number of rotatable bonds is 9. The highest BCUT2D eigenvalue weighted by molar-refractivity contribution is 14.0. The number of carbonyl (C=O) groups excluding carboxylic acids is 1. The van der Waals surface area contributed by atoms with Crippen LogP contribution in [0.25, 0.3) is 0 Å². The number of nitrogens with zero attached hydrogens (tertiary/aromatic N) is 2. The summed E-state index contributed by atoms with van der Waals surface area (Å²) in [6.07, 6.45) is 3.76. The van der Waals surface area contributed by atoms with Crippen LogP contribution in [0.5, 0.6) is 0 Å². The number of guanidine groups is 1. The van der Waals surface area contributed by atoms with Crippen LogP contribution in [0.1, 0.15) is 49.8 Å². The van der Waals surface area contributed by atoms with Crippen molar-refractivity contribution in [2.75, 3.05) is 13.1 Å². The van der Waals surface area contributed by atoms with Crippen LogP contribution in [0.4, 0.5) is 0 Å². The molecule has 0 bridgehead atoms. The summed E-state index contributed by atoms with van der Waals surface area (Å²) in [4.78, 5) is 18.6. The van der Waals surface area contributed by atoms with Crippen LogP contribution in [0.15, 0.2) is 59.6 Å². The van der Waals surface area contributed by atoms with Crippen LogP contribution in [-0.2, 0) is 24.3 Å². The monoisotopic (exact) mass is 534 g/mol. The normalized spacial score (nSPS) is 14.8. The van der Waals surface area contributed by atoms with Gasteiger partial charge in [-0.25, -0.2) is 4.99 Å². The maximum Gasteiger partial charge on any atom is 0.222 e. The molecule has 1 fully saturated rings. The van der Waals surface area contributed by atoms with Crippen molar-refractivity contribution in [3.05, 3.63) is 71.3 Å². The summed E-state index contributed by atoms with van der Waals surface area (Å²) in [6, 6.07) is 19.3. The molecule has 1 saturated heterocycles. The van der Waals surface area contributed by atoms with Crippen molar-refractivity contribution in [3.63, 3.8) is 0 Å². The Morgan fingerprint density at radius 2 is 1.84 bits per heavy atom. The van der Waals surface area contributed by atoms with E-state index in [2.05, 4.69) is 79.1 Å². The van der Waals surface area contributed by atoms with Gasteiger partial charge in [0.05, 0.1) is 6.54 Å². The molecule has 1 atom stereocenters. The number of benzene rings is 2. The molecule has 0 aromatic heterocycles. The summed E-state index contributed by atoms with van der Waals surface area (Å²) in [6.45, 7) is 7.29. The first-order valence-electron chi connectivity index (χ1n) is 11.1. The van der Waals surface area contributed by atoms with E-state index >= 15 is 0 Å². The van der Waals surface area contributed by atoms with E-state index in [-0.39, 0.29) is 29.9 Å². The standard InChI is InChI=1S/C25H34N4O.HI/c1-3-26-25(28-20(2)14-15-21-9-5-4-6-10-21)27-18-22-11-7-12-23(17-22)19-29-16-8-13-24(29)30;/h4-7,9-12,17,20H,3,8,13-16,18-19H2,1-2H3,(H2,26,27,28);1H. The zero-order chi connectivity index (χ0) is 21.2. The van der Waals surface area contributed by atoms with Crippen molar-refractivity contribution >= 4 is 35.8 Å². The van der Waals surface area contributed by atoms with Gasteiger partial charge in [-0.15, -0.1) is 24.0 Å². The average molecular weight is 534 g/mol. The molecule has 1 aliphatic rings. The molecule has 168 valence electrons. The number of aryl methyl sites for hydroxylation is 1. The second-order valence-corrected chi connectivity index (χ2v) is 8.00. The Kier molecular flexibility index (Phi) is 10.8. The smallest absolute Gasteiger partial charge is 0.222 e. The number of halogens is 1. The fourth-order valence-electron chi connectivity index (χ4n) is 3.74. The Hall–Kier alpha value is -2.09. The fourth-order valence-corrected chi connectivity index (χ4v) is 3.74. The molecule has 1 amide bonds. The van der Waals surface area contributed by atoms with Crippen molar-refractivity contribution in [2.24, 2.45) is 4.99 Å². The molecule has 3 rings (SSSR count). The van der Waals surface area contributed by atoms with Crippen LogP contribution >= 0.6 is 24.0 Å². The number of nitrogens with one attached hydrogen (secondary N) is 2. The van der Waals surface area contributed by atoms with Gasteiger partial charge in [0.25, 0.3) is 0 Å². The fraction of sp³-hybridized carbons (Fsp3) is 0.440. The number of hydrogen-bond acceptors (Lipinski definition) is 2. The van der Waals surface area contributed by atoms with Gasteiger partial charge in [0.2, 0.25) is 5.91 Å². The predicted octanol–water partition coefficient (Wildman–Crippen LogP) is 4.50. The molecule has 0 spiro atoms. The number of aliphatic imine (C=N–C) groups is 1. The maximum absolute atomic E-state index is 11.9. The van der Waals surface area contributed by atoms with Gasteiger partial charge in [0, 0.05) is 32.1 Å². The summed E-state index contributed by atoms with van der Waals surface area (Å²) >= 11 is 0. The van der Waals surface area contributed by atoms with Gasteiger partial charge < -0.3 is 15.5 Å². The topological polar surface area (TPSA) is 56.7 Å². The molecule has 1 aliphatic heterocycles. The molecule has 0 aliphatic carbocycles. The molecule has 5 nitrogen and oxygen atoms in total. The number of hydrogen-bond donors (Lipinski definition) is 2. The first-order chi connectivity index (χ1) is 14.6. The van der Waals surface area contributed by atoms with Crippen molar-refractivity contribution in [1.29, 1.82) is 0 Å². The Morgan fingerprint density at radius 1 is 1.10 bits per heavy atom. The van der Waals surface area contributed by atoms with E-state index in [1.54, 1.807) is 0 Å². The zero-order valence-electron chi connectivity index (χ0n) is 18.6. The van der Waals surface area contributed by atoms with Gasteiger partial charge >= 0.3 is 0 Å². The third kappa shape index (κ3) is 8.51. The highest BCUT2D eigenvalue weighted by Gasteiger charge is 2.19. The van der Waals surface area contributed by atoms with Crippen LogP contribution in [0.3, 0.4) is 0 Å². The van der Waals surface area contributed by atoms with Gasteiger partial charge in [0.15, 0.2) is 5.96 Å². The first-order valence-corrected chi connectivity index (χ1v) is 11.1. The molecule has 0 saturated carbocycles. The lowest BCUT2D eigenvalue weighted by atomic mass is 10.1. The highest BCUT2D eigenvalue weighted by atomic mass is 127. The summed E-state index contributed by atoms with van der Waals surface area (Å²) in [5.74, 6) is 1.11. The average Bonchev–Trinajstić information content (AvgIpc) is 3.16. The summed E-state index contributed by atoms with van der Waals surface area (Å²) in [5.41, 5.74) is 3.70. The molecule has 6 heteroatoms. The molecule has 0 radical (unpaired) electrons. The van der Waals surface area contributed by atoms with Crippen LogP contribution in [0, 0.1) is 0 Å². The number of amides is 1. The van der Waals surface area contributed by atoms with E-state index in [0.29, 0.717) is 25.6 Å². The Bertz CT molecular complexity index is 840. The van der Waals surface area contributed by atoms with Gasteiger partial charge in [0.1, 0.15) is 0 Å². The third-order valence-corrected chi connectivity index (χ3v) is 5.39. The Balaban J connectivity index is 0.00000341. The maximum atomic E-state index is 11.9. The van der Waals surface area contributed by atoms with E-state index < -0.39 is 0 Å². The molecule has 2 aromatic carbocycles. The minimum absolute atomic E-state index is 0. The summed E-state index contributed by atoms with van der Waals surface area (Å²) < 4.78 is 0. The van der Waals surface area contributed by atoms with Gasteiger partial charge in [-0.05, 0) is 49.8 Å². The van der Waals surface area contributed by atoms with Crippen LogP contribution < -0.4 is 10.6 Å². The van der Waals surface area contributed by atoms with Gasteiger partial charge in [-0.1, -0.05) is 54.6 Å². The van der Waals surface area contributed by atoms with Gasteiger partial charge in [-0.3, -0.25) is 4.79 Å². The van der Waals surface area contributed by atoms with Crippen molar-refractivity contribution in [1.82, 2.24) is 15.5 Å². The second-order valence-electron chi connectivity index (χ2n) is 8.00. The number of likely N-dealkylation sites (tertiary alicyclic amines) is 1. The van der Waals surface area contributed by atoms with E-state index in [9.17, 15) is 4.79 Å². The minimum Gasteiger partial charge on any atom is -0.357 e. The van der Waals surface area contributed by atoms with Crippen molar-refractivity contribution in [3.8, 4) is 0 Å². The van der Waals surface area contributed by atoms with E-state index in [1.807, 2.05) is 4.90 Å². The quantitative estimate of drug-likeness (QED) is 0.283. The second kappa shape index (κ2) is 13.3. The van der Waals surface area contributed by atoms with Crippen LogP contribution in [-0.4, -0.2) is 35.9 Å². The molecule has 2 N–H and O–H groups in total. The molecule has 1 unspecified atom stereocenters. The summed E-state index contributed by atoms with van der Waals surface area (Å²) in [5, 5.41) is 6.87. The van der Waals surface area contributed by atoms with E-state index in [4.69, 9.17) is 4.99 Å². The van der Waals surface area contributed by atoms with Crippen molar-refractivity contribution < 1.29 is 4.79 Å². The molecular weight excluding hydrogens is 499 g/mol. The lowest BCUT2D eigenvalue weighted by Gasteiger charge is -2.18. The third-order valence-electron chi connectivity index (χ3n) is 5.39. The largest absolute Gasteiger partial charge is 0.357 e. The summed E-state index contributed by atoms with van der Waals surface area (Å²) in [7, 11) is 0. The molecule has 31 heavy (non-hydrogen) atoms. The SMILES string of the molecule is CCNC(=NCc1cccc(CN2CCCC2=O)c1)NC(C)CCc1ccccc1.I.